The first-order valence-electron chi connectivity index (χ1n) is 11.7. The van der Waals surface area contributed by atoms with Crippen LogP contribution in [0.1, 0.15) is 12.0 Å². The van der Waals surface area contributed by atoms with Crippen molar-refractivity contribution in [2.24, 2.45) is 5.92 Å². The predicted molar refractivity (Wildman–Crippen MR) is 125 cm³/mol. The molecule has 0 spiro atoms. The van der Waals surface area contributed by atoms with Crippen LogP contribution in [0.25, 0.3) is 6.08 Å². The zero-order chi connectivity index (χ0) is 27.6. The smallest absolute Gasteiger partial charge is 0.340 e. The van der Waals surface area contributed by atoms with Crippen LogP contribution in [0, 0.1) is 5.92 Å². The van der Waals surface area contributed by atoms with Gasteiger partial charge in [0, 0.05) is 12.5 Å². The summed E-state index contributed by atoms with van der Waals surface area (Å²) in [4.78, 5) is 24.4. The molecule has 0 saturated carbocycles. The van der Waals surface area contributed by atoms with Crippen LogP contribution >= 0.6 is 0 Å². The third-order valence-electron chi connectivity index (χ3n) is 6.57. The molecule has 38 heavy (non-hydrogen) atoms. The van der Waals surface area contributed by atoms with E-state index in [1.807, 2.05) is 0 Å². The van der Waals surface area contributed by atoms with Gasteiger partial charge >= 0.3 is 11.9 Å². The van der Waals surface area contributed by atoms with Gasteiger partial charge in [-0.3, -0.25) is 0 Å². The molecule has 3 aliphatic rings. The number of ether oxygens (including phenoxy) is 5. The molecule has 0 aliphatic carbocycles. The molecular formula is C25H28O13. The summed E-state index contributed by atoms with van der Waals surface area (Å²) in [5, 5.41) is 61.2. The van der Waals surface area contributed by atoms with E-state index in [0.717, 1.165) is 12.3 Å². The highest BCUT2D eigenvalue weighted by atomic mass is 16.8. The lowest BCUT2D eigenvalue weighted by molar-refractivity contribution is -0.344. The molecule has 206 valence electrons. The fourth-order valence-electron chi connectivity index (χ4n) is 4.48. The minimum Gasteiger partial charge on any atom is -0.504 e. The van der Waals surface area contributed by atoms with E-state index in [4.69, 9.17) is 23.7 Å². The summed E-state index contributed by atoms with van der Waals surface area (Å²) < 4.78 is 26.8. The summed E-state index contributed by atoms with van der Waals surface area (Å²) in [5.74, 6) is -3.44. The molecule has 13 nitrogen and oxygen atoms in total. The number of phenolic OH excluding ortho intramolecular Hbond substituents is 2. The number of carbonyl (C=O) groups is 2. The van der Waals surface area contributed by atoms with Crippen molar-refractivity contribution in [1.29, 1.82) is 0 Å². The van der Waals surface area contributed by atoms with E-state index < -0.39 is 72.8 Å². The van der Waals surface area contributed by atoms with Crippen molar-refractivity contribution in [3.63, 3.8) is 0 Å². The summed E-state index contributed by atoms with van der Waals surface area (Å²) in [6.45, 7) is 2.89. The zero-order valence-electron chi connectivity index (χ0n) is 20.0. The summed E-state index contributed by atoms with van der Waals surface area (Å²) in [6, 6.07) is 3.85. The zero-order valence-corrected chi connectivity index (χ0v) is 20.0. The van der Waals surface area contributed by atoms with Crippen LogP contribution in [0.3, 0.4) is 0 Å². The molecule has 0 amide bonds. The summed E-state index contributed by atoms with van der Waals surface area (Å²) in [7, 11) is 0. The Morgan fingerprint density at radius 1 is 1.18 bits per heavy atom. The number of fused-ring (bicyclic) bond motifs is 1. The fourth-order valence-corrected chi connectivity index (χ4v) is 4.48. The summed E-state index contributed by atoms with van der Waals surface area (Å²) >= 11 is 0. The highest BCUT2D eigenvalue weighted by Gasteiger charge is 2.55. The Bertz CT molecular complexity index is 1130. The number of carbonyl (C=O) groups excluding carboxylic acids is 2. The highest BCUT2D eigenvalue weighted by molar-refractivity contribution is 5.91. The quantitative estimate of drug-likeness (QED) is 0.110. The Balaban J connectivity index is 1.44. The lowest BCUT2D eigenvalue weighted by atomic mass is 9.76. The van der Waals surface area contributed by atoms with Crippen LogP contribution < -0.4 is 0 Å². The molecule has 1 aromatic rings. The number of hydrogen-bond donors (Lipinski definition) is 6. The lowest BCUT2D eigenvalue weighted by Crippen LogP contribution is -2.62. The Morgan fingerprint density at radius 3 is 2.63 bits per heavy atom. The first-order chi connectivity index (χ1) is 18.1. The number of rotatable bonds is 7. The molecule has 2 fully saturated rings. The van der Waals surface area contributed by atoms with Gasteiger partial charge in [-0.15, -0.1) is 6.58 Å². The third kappa shape index (κ3) is 5.25. The first kappa shape index (κ1) is 27.6. The maximum absolute atomic E-state index is 12.3. The number of aliphatic hydroxyl groups is 4. The molecule has 0 bridgehead atoms. The van der Waals surface area contributed by atoms with Crippen LogP contribution in [0.15, 0.2) is 48.8 Å². The van der Waals surface area contributed by atoms with Crippen molar-refractivity contribution in [3.8, 4) is 11.5 Å². The topological polar surface area (TPSA) is 202 Å². The minimum atomic E-state index is -1.78. The van der Waals surface area contributed by atoms with Crippen LogP contribution in [0.5, 0.6) is 11.5 Å². The van der Waals surface area contributed by atoms with E-state index in [1.54, 1.807) is 0 Å². The second kappa shape index (κ2) is 11.1. The average molecular weight is 536 g/mol. The number of aromatic hydroxyl groups is 2. The van der Waals surface area contributed by atoms with Gasteiger partial charge in [-0.2, -0.15) is 0 Å². The number of phenols is 2. The Labute approximate surface area is 216 Å². The molecule has 13 heteroatoms. The van der Waals surface area contributed by atoms with Crippen LogP contribution in [0.2, 0.25) is 0 Å². The molecule has 0 radical (unpaired) electrons. The van der Waals surface area contributed by atoms with Crippen LogP contribution in [-0.2, 0) is 33.3 Å². The molecule has 3 heterocycles. The maximum Gasteiger partial charge on any atom is 0.340 e. The number of hydrogen-bond acceptors (Lipinski definition) is 13. The molecule has 1 aromatic carbocycles. The van der Waals surface area contributed by atoms with Gasteiger partial charge in [0.2, 0.25) is 6.29 Å². The van der Waals surface area contributed by atoms with Crippen molar-refractivity contribution in [2.75, 3.05) is 13.2 Å². The van der Waals surface area contributed by atoms with Gasteiger partial charge in [-0.25, -0.2) is 9.59 Å². The molecule has 8 atom stereocenters. The van der Waals surface area contributed by atoms with E-state index in [0.29, 0.717) is 5.56 Å². The van der Waals surface area contributed by atoms with Gasteiger partial charge in [-0.05, 0) is 23.8 Å². The predicted octanol–water partition coefficient (Wildman–Crippen LogP) is -0.801. The first-order valence-corrected chi connectivity index (χ1v) is 11.7. The molecule has 6 N–H and O–H groups in total. The number of esters is 2. The van der Waals surface area contributed by atoms with Crippen molar-refractivity contribution >= 4 is 18.0 Å². The molecule has 4 rings (SSSR count). The van der Waals surface area contributed by atoms with Crippen LogP contribution in [-0.4, -0.2) is 98.4 Å². The van der Waals surface area contributed by atoms with E-state index >= 15 is 0 Å². The molecule has 2 saturated heterocycles. The molecule has 0 aromatic heterocycles. The maximum atomic E-state index is 12.3. The van der Waals surface area contributed by atoms with E-state index in [9.17, 15) is 40.2 Å². The van der Waals surface area contributed by atoms with Gasteiger partial charge < -0.3 is 54.3 Å². The number of cyclic esters (lactones) is 1. The van der Waals surface area contributed by atoms with Crippen molar-refractivity contribution in [1.82, 2.24) is 0 Å². The average Bonchev–Trinajstić information content (AvgIpc) is 2.88. The van der Waals surface area contributed by atoms with Crippen LogP contribution in [0.4, 0.5) is 0 Å². The summed E-state index contributed by atoms with van der Waals surface area (Å²) in [5.41, 5.74) is -1.47. The largest absolute Gasteiger partial charge is 0.504 e. The molecular weight excluding hydrogens is 508 g/mol. The second-order valence-corrected chi connectivity index (χ2v) is 8.93. The fraction of sp³-hybridized carbons (Fsp3) is 0.440. The third-order valence-corrected chi connectivity index (χ3v) is 6.57. The Hall–Kier alpha value is -3.46. The van der Waals surface area contributed by atoms with E-state index in [2.05, 4.69) is 6.58 Å². The molecule has 3 aliphatic heterocycles. The van der Waals surface area contributed by atoms with E-state index in [1.165, 1.54) is 30.4 Å². The molecule has 8 unspecified atom stereocenters. The second-order valence-electron chi connectivity index (χ2n) is 8.93. The van der Waals surface area contributed by atoms with Gasteiger partial charge in [-0.1, -0.05) is 12.1 Å². The minimum absolute atomic E-state index is 0.0375. The van der Waals surface area contributed by atoms with Gasteiger partial charge in [0.15, 0.2) is 23.9 Å². The normalized spacial score (nSPS) is 35.0. The Kier molecular flexibility index (Phi) is 8.06. The highest BCUT2D eigenvalue weighted by Crippen LogP contribution is 2.42. The Morgan fingerprint density at radius 2 is 1.95 bits per heavy atom. The lowest BCUT2D eigenvalue weighted by Gasteiger charge is -2.46. The number of aliphatic hydroxyl groups excluding tert-OH is 3. The van der Waals surface area contributed by atoms with Gasteiger partial charge in [0.25, 0.3) is 0 Å². The van der Waals surface area contributed by atoms with Crippen molar-refractivity contribution < 1.29 is 63.9 Å². The van der Waals surface area contributed by atoms with E-state index in [-0.39, 0.29) is 24.4 Å². The van der Waals surface area contributed by atoms with Gasteiger partial charge in [0.1, 0.15) is 29.5 Å². The standard InChI is InChI=1S/C25H28O13/c1-2-13-23(35-11-14-22(32)34-8-7-25(13,14)33)38-24-20(31)19(30)21(17(10-26)36-24)37-18(29)6-4-12-3-5-15(27)16(28)9-12/h2-6,9,11,13,17,19-21,23-24,26-28,30-31,33H,1,7-8,10H2. The van der Waals surface area contributed by atoms with Gasteiger partial charge in [0.05, 0.1) is 25.4 Å². The number of benzene rings is 1. The SMILES string of the molecule is C=CC1C(OC2OC(CO)C(OC(=O)C=Cc3ccc(O)c(O)c3)C(O)C2O)OC=C2C(=O)OCCC21O. The van der Waals surface area contributed by atoms with Crippen molar-refractivity contribution in [2.45, 2.75) is 49.0 Å². The summed E-state index contributed by atoms with van der Waals surface area (Å²) in [6.07, 6.45) is -4.65. The van der Waals surface area contributed by atoms with Crippen molar-refractivity contribution in [3.05, 3.63) is 54.3 Å². The monoisotopic (exact) mass is 536 g/mol.